The Morgan fingerprint density at radius 1 is 0.750 bits per heavy atom. The number of hydrogen-bond donors (Lipinski definition) is 2. The molecule has 2 aromatic carbocycles. The normalized spacial score (nSPS) is 13.1. The largest absolute Gasteiger partial charge is 0.341 e. The van der Waals surface area contributed by atoms with Crippen LogP contribution in [0.3, 0.4) is 0 Å². The van der Waals surface area contributed by atoms with Gasteiger partial charge in [0, 0.05) is 24.5 Å². The van der Waals surface area contributed by atoms with E-state index in [1.165, 1.54) is 24.0 Å². The van der Waals surface area contributed by atoms with Gasteiger partial charge >= 0.3 is 0 Å². The molecule has 28 heavy (non-hydrogen) atoms. The molecule has 0 radical (unpaired) electrons. The third-order valence-corrected chi connectivity index (χ3v) is 4.81. The minimum Gasteiger partial charge on any atom is -0.341 e. The zero-order chi connectivity index (χ0) is 18.6. The standard InChI is InChI=1S/C21H24N6.ClH/c1-15-10-11-18(14-16(15)2)23-20-24-19(22-17-8-4-3-5-9-17)25-21(26-20)27-12-6-7-13-27;/h3-5,8-11,14H,6-7,12-13H2,1-2H3,(H2,22,23,24,25,26);1H. The predicted molar refractivity (Wildman–Crippen MR) is 117 cm³/mol. The average molecular weight is 397 g/mol. The molecular weight excluding hydrogens is 372 g/mol. The maximum atomic E-state index is 4.66. The molecule has 1 aromatic heterocycles. The average Bonchev–Trinajstić information content (AvgIpc) is 3.20. The van der Waals surface area contributed by atoms with Gasteiger partial charge in [0.2, 0.25) is 17.8 Å². The number of anilines is 5. The van der Waals surface area contributed by atoms with Crippen LogP contribution in [-0.2, 0) is 0 Å². The summed E-state index contributed by atoms with van der Waals surface area (Å²) in [5, 5.41) is 6.62. The summed E-state index contributed by atoms with van der Waals surface area (Å²) in [6, 6.07) is 16.2. The summed E-state index contributed by atoms with van der Waals surface area (Å²) in [6.45, 7) is 6.18. The van der Waals surface area contributed by atoms with Crippen molar-refractivity contribution >= 4 is 41.6 Å². The third kappa shape index (κ3) is 4.70. The van der Waals surface area contributed by atoms with Crippen molar-refractivity contribution in [1.82, 2.24) is 15.0 Å². The molecular formula is C21H25ClN6. The van der Waals surface area contributed by atoms with E-state index in [4.69, 9.17) is 0 Å². The number of hydrogen-bond acceptors (Lipinski definition) is 6. The fraction of sp³-hybridized carbons (Fsp3) is 0.286. The Kier molecular flexibility index (Phi) is 6.31. The Morgan fingerprint density at radius 3 is 2.04 bits per heavy atom. The zero-order valence-electron chi connectivity index (χ0n) is 16.1. The van der Waals surface area contributed by atoms with Crippen molar-refractivity contribution in [1.29, 1.82) is 0 Å². The molecule has 146 valence electrons. The third-order valence-electron chi connectivity index (χ3n) is 4.81. The van der Waals surface area contributed by atoms with Gasteiger partial charge in [0.15, 0.2) is 0 Å². The van der Waals surface area contributed by atoms with Gasteiger partial charge in [-0.25, -0.2) is 0 Å². The van der Waals surface area contributed by atoms with Gasteiger partial charge in [0.1, 0.15) is 0 Å². The maximum Gasteiger partial charge on any atom is 0.233 e. The van der Waals surface area contributed by atoms with Crippen LogP contribution in [-0.4, -0.2) is 28.0 Å². The predicted octanol–water partition coefficient (Wildman–Crippen LogP) is 5.00. The molecule has 6 nitrogen and oxygen atoms in total. The second kappa shape index (κ2) is 8.89. The molecule has 0 amide bonds. The first-order valence-corrected chi connectivity index (χ1v) is 9.35. The zero-order valence-corrected chi connectivity index (χ0v) is 17.0. The molecule has 1 aliphatic heterocycles. The first-order valence-electron chi connectivity index (χ1n) is 9.35. The summed E-state index contributed by atoms with van der Waals surface area (Å²) >= 11 is 0. The summed E-state index contributed by atoms with van der Waals surface area (Å²) in [7, 11) is 0. The van der Waals surface area contributed by atoms with E-state index in [0.717, 1.165) is 24.5 Å². The van der Waals surface area contributed by atoms with Crippen molar-refractivity contribution in [3.63, 3.8) is 0 Å². The molecule has 0 unspecified atom stereocenters. The van der Waals surface area contributed by atoms with Crippen LogP contribution in [0.4, 0.5) is 29.2 Å². The highest BCUT2D eigenvalue weighted by molar-refractivity contribution is 5.85. The number of halogens is 1. The number of aryl methyl sites for hydroxylation is 2. The number of aromatic nitrogens is 3. The molecule has 0 saturated carbocycles. The molecule has 1 fully saturated rings. The quantitative estimate of drug-likeness (QED) is 0.632. The lowest BCUT2D eigenvalue weighted by Gasteiger charge is -2.17. The topological polar surface area (TPSA) is 66.0 Å². The number of nitrogens with one attached hydrogen (secondary N) is 2. The van der Waals surface area contributed by atoms with Crippen molar-refractivity contribution in [3.8, 4) is 0 Å². The van der Waals surface area contributed by atoms with Gasteiger partial charge in [-0.15, -0.1) is 12.4 Å². The lowest BCUT2D eigenvalue weighted by molar-refractivity contribution is 0.886. The summed E-state index contributed by atoms with van der Waals surface area (Å²) in [5.41, 5.74) is 4.42. The van der Waals surface area contributed by atoms with Crippen LogP contribution in [0.1, 0.15) is 24.0 Å². The van der Waals surface area contributed by atoms with E-state index in [1.54, 1.807) is 0 Å². The second-order valence-corrected chi connectivity index (χ2v) is 6.89. The maximum absolute atomic E-state index is 4.66. The van der Waals surface area contributed by atoms with Gasteiger partial charge in [-0.05, 0) is 62.1 Å². The minimum absolute atomic E-state index is 0. The Morgan fingerprint density at radius 2 is 1.39 bits per heavy atom. The molecule has 0 spiro atoms. The van der Waals surface area contributed by atoms with Crippen molar-refractivity contribution in [3.05, 3.63) is 59.7 Å². The van der Waals surface area contributed by atoms with Gasteiger partial charge in [0.25, 0.3) is 0 Å². The molecule has 0 atom stereocenters. The van der Waals surface area contributed by atoms with Crippen LogP contribution in [0.2, 0.25) is 0 Å². The summed E-state index contributed by atoms with van der Waals surface area (Å²) in [6.07, 6.45) is 2.35. The number of para-hydroxylation sites is 1. The fourth-order valence-corrected chi connectivity index (χ4v) is 3.13. The van der Waals surface area contributed by atoms with Crippen molar-refractivity contribution in [2.75, 3.05) is 28.6 Å². The summed E-state index contributed by atoms with van der Waals surface area (Å²) in [5.74, 6) is 1.81. The molecule has 2 N–H and O–H groups in total. The van der Waals surface area contributed by atoms with E-state index in [-0.39, 0.29) is 12.4 Å². The van der Waals surface area contributed by atoms with Crippen LogP contribution in [0.25, 0.3) is 0 Å². The van der Waals surface area contributed by atoms with Crippen molar-refractivity contribution < 1.29 is 0 Å². The lowest BCUT2D eigenvalue weighted by atomic mass is 10.1. The SMILES string of the molecule is Cc1ccc(Nc2nc(Nc3ccccc3)nc(N3CCCC3)n2)cc1C.Cl. The first-order chi connectivity index (χ1) is 13.2. The molecule has 1 saturated heterocycles. The van der Waals surface area contributed by atoms with E-state index in [0.29, 0.717) is 17.8 Å². The Bertz CT molecular complexity index is 925. The van der Waals surface area contributed by atoms with E-state index in [2.05, 4.69) is 56.5 Å². The van der Waals surface area contributed by atoms with Crippen molar-refractivity contribution in [2.45, 2.75) is 26.7 Å². The summed E-state index contributed by atoms with van der Waals surface area (Å²) < 4.78 is 0. The number of benzene rings is 2. The van der Waals surface area contributed by atoms with Crippen LogP contribution in [0.15, 0.2) is 48.5 Å². The molecule has 0 aliphatic carbocycles. The lowest BCUT2D eigenvalue weighted by Crippen LogP contribution is -2.21. The number of rotatable bonds is 5. The Balaban J connectivity index is 0.00000225. The second-order valence-electron chi connectivity index (χ2n) is 6.89. The summed E-state index contributed by atoms with van der Waals surface area (Å²) in [4.78, 5) is 16.1. The molecule has 1 aliphatic rings. The van der Waals surface area contributed by atoms with E-state index < -0.39 is 0 Å². The number of nitrogens with zero attached hydrogens (tertiary/aromatic N) is 4. The first kappa shape index (κ1) is 19.9. The monoisotopic (exact) mass is 396 g/mol. The van der Waals surface area contributed by atoms with Gasteiger partial charge in [-0.3, -0.25) is 0 Å². The molecule has 4 rings (SSSR count). The highest BCUT2D eigenvalue weighted by atomic mass is 35.5. The van der Waals surface area contributed by atoms with E-state index in [9.17, 15) is 0 Å². The van der Waals surface area contributed by atoms with Crippen LogP contribution >= 0.6 is 12.4 Å². The highest BCUT2D eigenvalue weighted by Gasteiger charge is 2.17. The van der Waals surface area contributed by atoms with Gasteiger partial charge < -0.3 is 15.5 Å². The molecule has 7 heteroatoms. The Labute approximate surface area is 171 Å². The van der Waals surface area contributed by atoms with Crippen LogP contribution in [0.5, 0.6) is 0 Å². The minimum atomic E-state index is 0. The van der Waals surface area contributed by atoms with Gasteiger partial charge in [-0.2, -0.15) is 15.0 Å². The molecule has 2 heterocycles. The smallest absolute Gasteiger partial charge is 0.233 e. The molecule has 0 bridgehead atoms. The fourth-order valence-electron chi connectivity index (χ4n) is 3.13. The van der Waals surface area contributed by atoms with Crippen LogP contribution < -0.4 is 15.5 Å². The highest BCUT2D eigenvalue weighted by Crippen LogP contribution is 2.23. The van der Waals surface area contributed by atoms with Gasteiger partial charge in [0.05, 0.1) is 0 Å². The molecule has 3 aromatic rings. The van der Waals surface area contributed by atoms with E-state index in [1.807, 2.05) is 36.4 Å². The van der Waals surface area contributed by atoms with Crippen molar-refractivity contribution in [2.24, 2.45) is 0 Å². The van der Waals surface area contributed by atoms with Gasteiger partial charge in [-0.1, -0.05) is 24.3 Å². The van der Waals surface area contributed by atoms with E-state index >= 15 is 0 Å². The van der Waals surface area contributed by atoms with Crippen LogP contribution in [0, 0.1) is 13.8 Å². The Hall–Kier alpha value is -2.86.